The second-order valence-corrected chi connectivity index (χ2v) is 6.45. The molecule has 0 aliphatic carbocycles. The van der Waals surface area contributed by atoms with E-state index in [9.17, 15) is 4.39 Å². The lowest BCUT2D eigenvalue weighted by molar-refractivity contribution is 0.153. The molecule has 0 unspecified atom stereocenters. The van der Waals surface area contributed by atoms with Gasteiger partial charge in [-0.25, -0.2) is 4.39 Å². The van der Waals surface area contributed by atoms with Gasteiger partial charge in [0.1, 0.15) is 5.82 Å². The number of halogens is 4. The van der Waals surface area contributed by atoms with Crippen LogP contribution in [-0.4, -0.2) is 31.1 Å². The number of rotatable bonds is 4. The zero-order valence-corrected chi connectivity index (χ0v) is 15.7. The van der Waals surface area contributed by atoms with Crippen molar-refractivity contribution >= 4 is 40.7 Å². The van der Waals surface area contributed by atoms with Gasteiger partial charge in [-0.05, 0) is 30.0 Å². The third-order valence-corrected chi connectivity index (χ3v) is 4.30. The first-order valence-corrected chi connectivity index (χ1v) is 7.77. The summed E-state index contributed by atoms with van der Waals surface area (Å²) in [5.74, 6) is 0.441. The Bertz CT molecular complexity index is 426. The molecule has 1 aromatic carbocycles. The largest absolute Gasteiger partial charge is 0.314 e. The van der Waals surface area contributed by atoms with E-state index < -0.39 is 0 Å². The van der Waals surface area contributed by atoms with Crippen LogP contribution in [0.1, 0.15) is 31.9 Å². The van der Waals surface area contributed by atoms with Crippen molar-refractivity contribution in [3.05, 3.63) is 34.1 Å². The molecule has 1 heterocycles. The van der Waals surface area contributed by atoms with Crippen LogP contribution in [-0.2, 0) is 0 Å². The minimum absolute atomic E-state index is 0. The molecule has 1 fully saturated rings. The molecule has 0 radical (unpaired) electrons. The van der Waals surface area contributed by atoms with E-state index >= 15 is 0 Å². The van der Waals surface area contributed by atoms with E-state index in [1.807, 2.05) is 6.07 Å². The molecular formula is C15H24BrCl2FN2. The minimum atomic E-state index is -0.181. The van der Waals surface area contributed by atoms with Crippen molar-refractivity contribution in [1.82, 2.24) is 10.2 Å². The topological polar surface area (TPSA) is 15.3 Å². The molecular weight excluding hydrogens is 378 g/mol. The molecule has 0 saturated carbocycles. The summed E-state index contributed by atoms with van der Waals surface area (Å²) >= 11 is 3.52. The summed E-state index contributed by atoms with van der Waals surface area (Å²) in [6, 6.07) is 5.44. The number of hydrogen-bond acceptors (Lipinski definition) is 2. The van der Waals surface area contributed by atoms with Gasteiger partial charge < -0.3 is 5.32 Å². The van der Waals surface area contributed by atoms with Crippen LogP contribution in [0.2, 0.25) is 0 Å². The minimum Gasteiger partial charge on any atom is -0.314 e. The van der Waals surface area contributed by atoms with Crippen molar-refractivity contribution in [3.63, 3.8) is 0 Å². The van der Waals surface area contributed by atoms with E-state index in [2.05, 4.69) is 40.0 Å². The zero-order chi connectivity index (χ0) is 13.8. The van der Waals surface area contributed by atoms with Crippen LogP contribution in [0.25, 0.3) is 0 Å². The van der Waals surface area contributed by atoms with Gasteiger partial charge in [-0.15, -0.1) is 24.8 Å². The van der Waals surface area contributed by atoms with Crippen LogP contribution in [0.3, 0.4) is 0 Å². The Morgan fingerprint density at radius 3 is 2.38 bits per heavy atom. The standard InChI is InChI=1S/C15H22BrFN2.2ClH/c1-11(2)9-15(19-7-5-18-6-8-19)13-4-3-12(17)10-14(13)16;;/h3-4,10-11,15,18H,5-9H2,1-2H3;2*1H/t15-;;/m0../s1. The van der Waals surface area contributed by atoms with E-state index in [4.69, 9.17) is 0 Å². The van der Waals surface area contributed by atoms with E-state index in [-0.39, 0.29) is 30.6 Å². The average molecular weight is 402 g/mol. The van der Waals surface area contributed by atoms with Gasteiger partial charge in [0.15, 0.2) is 0 Å². The summed E-state index contributed by atoms with van der Waals surface area (Å²) in [4.78, 5) is 2.51. The first-order valence-electron chi connectivity index (χ1n) is 6.97. The maximum Gasteiger partial charge on any atom is 0.124 e. The van der Waals surface area contributed by atoms with Crippen LogP contribution >= 0.6 is 40.7 Å². The molecule has 0 spiro atoms. The van der Waals surface area contributed by atoms with Gasteiger partial charge in [0.05, 0.1) is 0 Å². The van der Waals surface area contributed by atoms with Crippen LogP contribution in [0, 0.1) is 11.7 Å². The molecule has 1 saturated heterocycles. The Hall–Kier alpha value is 0.130. The van der Waals surface area contributed by atoms with Crippen molar-refractivity contribution in [2.24, 2.45) is 5.92 Å². The lowest BCUT2D eigenvalue weighted by Crippen LogP contribution is -2.45. The maximum absolute atomic E-state index is 13.3. The van der Waals surface area contributed by atoms with E-state index in [0.717, 1.165) is 37.1 Å². The van der Waals surface area contributed by atoms with Gasteiger partial charge in [0, 0.05) is 36.7 Å². The third-order valence-electron chi connectivity index (χ3n) is 3.61. The number of nitrogens with one attached hydrogen (secondary N) is 1. The summed E-state index contributed by atoms with van der Waals surface area (Å²) in [7, 11) is 0. The lowest BCUT2D eigenvalue weighted by atomic mass is 9.95. The fraction of sp³-hybridized carbons (Fsp3) is 0.600. The van der Waals surface area contributed by atoms with Crippen LogP contribution < -0.4 is 5.32 Å². The molecule has 2 rings (SSSR count). The molecule has 122 valence electrons. The highest BCUT2D eigenvalue weighted by Crippen LogP contribution is 2.33. The van der Waals surface area contributed by atoms with Crippen molar-refractivity contribution in [3.8, 4) is 0 Å². The molecule has 0 amide bonds. The zero-order valence-electron chi connectivity index (χ0n) is 12.4. The third kappa shape index (κ3) is 6.03. The van der Waals surface area contributed by atoms with Gasteiger partial charge in [-0.3, -0.25) is 4.90 Å². The first kappa shape index (κ1) is 21.1. The Balaban J connectivity index is 0.00000200. The molecule has 1 aromatic rings. The summed E-state index contributed by atoms with van der Waals surface area (Å²) in [6.45, 7) is 8.67. The fourth-order valence-electron chi connectivity index (χ4n) is 2.68. The second-order valence-electron chi connectivity index (χ2n) is 5.60. The normalized spacial score (nSPS) is 17.0. The SMILES string of the molecule is CC(C)C[C@@H](c1ccc(F)cc1Br)N1CCNCC1.Cl.Cl. The van der Waals surface area contributed by atoms with Gasteiger partial charge in [-0.1, -0.05) is 35.8 Å². The van der Waals surface area contributed by atoms with Crippen LogP contribution in [0.4, 0.5) is 4.39 Å². The summed E-state index contributed by atoms with van der Waals surface area (Å²) < 4.78 is 14.1. The quantitative estimate of drug-likeness (QED) is 0.802. The lowest BCUT2D eigenvalue weighted by Gasteiger charge is -2.36. The van der Waals surface area contributed by atoms with Crippen molar-refractivity contribution in [2.75, 3.05) is 26.2 Å². The molecule has 1 N–H and O–H groups in total. The average Bonchev–Trinajstić information content (AvgIpc) is 2.37. The molecule has 6 heteroatoms. The van der Waals surface area contributed by atoms with Crippen molar-refractivity contribution in [2.45, 2.75) is 26.3 Å². The summed E-state index contributed by atoms with van der Waals surface area (Å²) in [5.41, 5.74) is 1.21. The molecule has 0 bridgehead atoms. The van der Waals surface area contributed by atoms with Gasteiger partial charge in [-0.2, -0.15) is 0 Å². The van der Waals surface area contributed by atoms with Crippen molar-refractivity contribution in [1.29, 1.82) is 0 Å². The first-order chi connectivity index (χ1) is 9.08. The molecule has 1 aliphatic rings. The number of hydrogen-bond donors (Lipinski definition) is 1. The Morgan fingerprint density at radius 2 is 1.86 bits per heavy atom. The molecule has 1 aliphatic heterocycles. The second kappa shape index (κ2) is 10.0. The Morgan fingerprint density at radius 1 is 1.24 bits per heavy atom. The highest BCUT2D eigenvalue weighted by atomic mass is 79.9. The predicted molar refractivity (Wildman–Crippen MR) is 95.2 cm³/mol. The van der Waals surface area contributed by atoms with Gasteiger partial charge in [0.25, 0.3) is 0 Å². The molecule has 0 aromatic heterocycles. The molecule has 2 nitrogen and oxygen atoms in total. The predicted octanol–water partition coefficient (Wildman–Crippen LogP) is 4.42. The molecule has 1 atom stereocenters. The van der Waals surface area contributed by atoms with Crippen LogP contribution in [0.15, 0.2) is 22.7 Å². The maximum atomic E-state index is 13.3. The van der Waals surface area contributed by atoms with Crippen molar-refractivity contribution < 1.29 is 4.39 Å². The van der Waals surface area contributed by atoms with Gasteiger partial charge >= 0.3 is 0 Å². The van der Waals surface area contributed by atoms with Crippen LogP contribution in [0.5, 0.6) is 0 Å². The highest BCUT2D eigenvalue weighted by molar-refractivity contribution is 9.10. The molecule has 21 heavy (non-hydrogen) atoms. The fourth-order valence-corrected chi connectivity index (χ4v) is 3.30. The Kier molecular flexibility index (Phi) is 10.1. The van der Waals surface area contributed by atoms with E-state index in [1.54, 1.807) is 12.1 Å². The number of piperazine rings is 1. The highest BCUT2D eigenvalue weighted by Gasteiger charge is 2.24. The summed E-state index contributed by atoms with van der Waals surface area (Å²) in [5, 5.41) is 3.38. The summed E-state index contributed by atoms with van der Waals surface area (Å²) in [6.07, 6.45) is 1.10. The monoisotopic (exact) mass is 400 g/mol. The van der Waals surface area contributed by atoms with E-state index in [0.29, 0.717) is 12.0 Å². The smallest absolute Gasteiger partial charge is 0.124 e. The van der Waals surface area contributed by atoms with E-state index in [1.165, 1.54) is 5.56 Å². The number of benzene rings is 1. The number of nitrogens with zero attached hydrogens (tertiary/aromatic N) is 1. The van der Waals surface area contributed by atoms with Gasteiger partial charge in [0.2, 0.25) is 0 Å². The Labute approximate surface area is 147 Å².